The van der Waals surface area contributed by atoms with E-state index in [2.05, 4.69) is 28.0 Å². The van der Waals surface area contributed by atoms with E-state index in [1.807, 2.05) is 0 Å². The van der Waals surface area contributed by atoms with Crippen molar-refractivity contribution in [2.75, 3.05) is 7.05 Å². The molecule has 0 aliphatic rings. The van der Waals surface area contributed by atoms with Gasteiger partial charge in [-0.3, -0.25) is 9.59 Å². The maximum atomic E-state index is 14.1. The summed E-state index contributed by atoms with van der Waals surface area (Å²) in [4.78, 5) is 27.3. The smallest absolute Gasteiger partial charge is 0.274 e. The molecule has 3 rings (SSSR count). The number of nitrogens with zero attached hydrogens (tertiary/aromatic N) is 3. The maximum absolute atomic E-state index is 14.1. The number of carbonyl (C=O) groups excluding carboxylic acids is 1. The molecule has 0 spiro atoms. The summed E-state index contributed by atoms with van der Waals surface area (Å²) < 4.78 is 16.2. The number of fused-ring (bicyclic) bond motifs is 1. The first kappa shape index (κ1) is 21.2. The van der Waals surface area contributed by atoms with Crippen LogP contribution in [-0.2, 0) is 13.1 Å². The van der Waals surface area contributed by atoms with Crippen LogP contribution in [0.5, 0.6) is 0 Å². The minimum Gasteiger partial charge on any atom is -0.336 e. The van der Waals surface area contributed by atoms with Crippen molar-refractivity contribution in [1.82, 2.24) is 14.7 Å². The number of amides is 1. The Bertz CT molecular complexity index is 1100. The number of unbranched alkanes of at least 4 members (excludes halogenated alkanes) is 2. The standard InChI is InChI=1S/C22H23BrFN3O2/c1-3-4-7-12-27-21(28)18-9-6-5-8-17(18)20(25-27)22(29)26(2)14-15-13-16(23)10-11-19(15)24/h5-6,8-11,13H,3-4,7,12,14H2,1-2H3. The number of benzene rings is 2. The molecule has 7 heteroatoms. The Balaban J connectivity index is 1.98. The molecule has 0 saturated heterocycles. The molecule has 2 aromatic carbocycles. The fourth-order valence-corrected chi connectivity index (χ4v) is 3.64. The second kappa shape index (κ2) is 9.31. The molecule has 0 N–H and O–H groups in total. The summed E-state index contributed by atoms with van der Waals surface area (Å²) in [6.45, 7) is 2.64. The van der Waals surface area contributed by atoms with Crippen LogP contribution in [0, 0.1) is 5.82 Å². The summed E-state index contributed by atoms with van der Waals surface area (Å²) in [6, 6.07) is 11.6. The van der Waals surface area contributed by atoms with Crippen LogP contribution in [0.25, 0.3) is 10.8 Å². The summed E-state index contributed by atoms with van der Waals surface area (Å²) in [5, 5.41) is 5.36. The van der Waals surface area contributed by atoms with Crippen molar-refractivity contribution in [3.8, 4) is 0 Å². The third-order valence-electron chi connectivity index (χ3n) is 4.81. The molecule has 0 bridgehead atoms. The number of hydrogen-bond acceptors (Lipinski definition) is 3. The molecule has 3 aromatic rings. The monoisotopic (exact) mass is 459 g/mol. The van der Waals surface area contributed by atoms with E-state index in [1.165, 1.54) is 15.6 Å². The number of aryl methyl sites for hydroxylation is 1. The molecule has 1 heterocycles. The van der Waals surface area contributed by atoms with Gasteiger partial charge in [-0.1, -0.05) is 53.9 Å². The number of hydrogen-bond donors (Lipinski definition) is 0. The highest BCUT2D eigenvalue weighted by molar-refractivity contribution is 9.10. The van der Waals surface area contributed by atoms with Crippen molar-refractivity contribution in [2.45, 2.75) is 39.3 Å². The summed E-state index contributed by atoms with van der Waals surface area (Å²) in [7, 11) is 1.60. The molecule has 0 fully saturated rings. The van der Waals surface area contributed by atoms with Crippen LogP contribution in [0.3, 0.4) is 0 Å². The predicted molar refractivity (Wildman–Crippen MR) is 115 cm³/mol. The van der Waals surface area contributed by atoms with Gasteiger partial charge in [0, 0.05) is 35.6 Å². The third kappa shape index (κ3) is 4.72. The van der Waals surface area contributed by atoms with Crippen molar-refractivity contribution < 1.29 is 9.18 Å². The highest BCUT2D eigenvalue weighted by atomic mass is 79.9. The lowest BCUT2D eigenvalue weighted by molar-refractivity contribution is 0.0777. The summed E-state index contributed by atoms with van der Waals surface area (Å²) in [5.74, 6) is -0.736. The first-order valence-electron chi connectivity index (χ1n) is 9.61. The van der Waals surface area contributed by atoms with Gasteiger partial charge in [-0.05, 0) is 30.7 Å². The van der Waals surface area contributed by atoms with Crippen LogP contribution >= 0.6 is 15.9 Å². The zero-order valence-corrected chi connectivity index (χ0v) is 18.1. The molecule has 0 unspecified atom stereocenters. The Labute approximate surface area is 177 Å². The van der Waals surface area contributed by atoms with Gasteiger partial charge >= 0.3 is 0 Å². The summed E-state index contributed by atoms with van der Waals surface area (Å²) in [5.41, 5.74) is 0.402. The number of aromatic nitrogens is 2. The molecule has 1 aromatic heterocycles. The highest BCUT2D eigenvalue weighted by Crippen LogP contribution is 2.19. The van der Waals surface area contributed by atoms with Gasteiger partial charge < -0.3 is 4.90 Å². The van der Waals surface area contributed by atoms with E-state index in [0.717, 1.165) is 23.7 Å². The first-order valence-corrected chi connectivity index (χ1v) is 10.4. The summed E-state index contributed by atoms with van der Waals surface area (Å²) in [6.07, 6.45) is 2.82. The Kier molecular flexibility index (Phi) is 6.79. The van der Waals surface area contributed by atoms with Gasteiger partial charge in [-0.2, -0.15) is 5.10 Å². The minimum absolute atomic E-state index is 0.0923. The molecule has 0 aliphatic carbocycles. The lowest BCUT2D eigenvalue weighted by Crippen LogP contribution is -2.32. The SMILES string of the molecule is CCCCCn1nc(C(=O)N(C)Cc2cc(Br)ccc2F)c2ccccc2c1=O. The molecular weight excluding hydrogens is 437 g/mol. The van der Waals surface area contributed by atoms with Gasteiger partial charge in [0.1, 0.15) is 5.82 Å². The van der Waals surface area contributed by atoms with Crippen molar-refractivity contribution >= 4 is 32.6 Å². The van der Waals surface area contributed by atoms with Gasteiger partial charge in [-0.15, -0.1) is 0 Å². The van der Waals surface area contributed by atoms with Crippen molar-refractivity contribution in [3.05, 3.63) is 74.4 Å². The Hall–Kier alpha value is -2.54. The molecular formula is C22H23BrFN3O2. The van der Waals surface area contributed by atoms with Crippen LogP contribution in [0.4, 0.5) is 4.39 Å². The van der Waals surface area contributed by atoms with Crippen molar-refractivity contribution in [1.29, 1.82) is 0 Å². The topological polar surface area (TPSA) is 55.2 Å². The molecule has 5 nitrogen and oxygen atoms in total. The van der Waals surface area contributed by atoms with E-state index < -0.39 is 0 Å². The quantitative estimate of drug-likeness (QED) is 0.478. The van der Waals surface area contributed by atoms with E-state index in [4.69, 9.17) is 0 Å². The Morgan fingerprint density at radius 2 is 1.90 bits per heavy atom. The molecule has 152 valence electrons. The van der Waals surface area contributed by atoms with Gasteiger partial charge in [-0.25, -0.2) is 9.07 Å². The maximum Gasteiger partial charge on any atom is 0.274 e. The zero-order chi connectivity index (χ0) is 21.0. The van der Waals surface area contributed by atoms with Crippen LogP contribution in [-0.4, -0.2) is 27.6 Å². The fraction of sp³-hybridized carbons (Fsp3) is 0.318. The highest BCUT2D eigenvalue weighted by Gasteiger charge is 2.21. The van der Waals surface area contributed by atoms with Crippen LogP contribution in [0.1, 0.15) is 42.2 Å². The van der Waals surface area contributed by atoms with Gasteiger partial charge in [0.25, 0.3) is 11.5 Å². The first-order chi connectivity index (χ1) is 13.9. The normalized spacial score (nSPS) is 11.0. The number of carbonyl (C=O) groups is 1. The van der Waals surface area contributed by atoms with E-state index in [9.17, 15) is 14.0 Å². The molecule has 0 radical (unpaired) electrons. The molecule has 0 saturated carbocycles. The average Bonchev–Trinajstić information content (AvgIpc) is 2.72. The lowest BCUT2D eigenvalue weighted by Gasteiger charge is -2.19. The molecule has 29 heavy (non-hydrogen) atoms. The molecule has 1 amide bonds. The van der Waals surface area contributed by atoms with E-state index in [0.29, 0.717) is 22.9 Å². The molecule has 0 atom stereocenters. The van der Waals surface area contributed by atoms with Crippen molar-refractivity contribution in [3.63, 3.8) is 0 Å². The van der Waals surface area contributed by atoms with Gasteiger partial charge in [0.05, 0.1) is 5.39 Å². The largest absolute Gasteiger partial charge is 0.336 e. The lowest BCUT2D eigenvalue weighted by atomic mass is 10.1. The predicted octanol–water partition coefficient (Wildman–Crippen LogP) is 4.76. The summed E-state index contributed by atoms with van der Waals surface area (Å²) >= 11 is 3.33. The third-order valence-corrected chi connectivity index (χ3v) is 5.30. The van der Waals surface area contributed by atoms with E-state index in [-0.39, 0.29) is 29.5 Å². The average molecular weight is 460 g/mol. The van der Waals surface area contributed by atoms with Crippen LogP contribution in [0.15, 0.2) is 51.7 Å². The Morgan fingerprint density at radius 1 is 1.17 bits per heavy atom. The second-order valence-electron chi connectivity index (χ2n) is 7.03. The van der Waals surface area contributed by atoms with Gasteiger partial charge in [0.15, 0.2) is 5.69 Å². The van der Waals surface area contributed by atoms with Crippen molar-refractivity contribution in [2.24, 2.45) is 0 Å². The van der Waals surface area contributed by atoms with Crippen LogP contribution < -0.4 is 5.56 Å². The fourth-order valence-electron chi connectivity index (χ4n) is 3.23. The van der Waals surface area contributed by atoms with Crippen LogP contribution in [0.2, 0.25) is 0 Å². The Morgan fingerprint density at radius 3 is 2.62 bits per heavy atom. The zero-order valence-electron chi connectivity index (χ0n) is 16.5. The molecule has 0 aliphatic heterocycles. The number of halogens is 2. The van der Waals surface area contributed by atoms with Gasteiger partial charge in [0.2, 0.25) is 0 Å². The van der Waals surface area contributed by atoms with E-state index in [1.54, 1.807) is 43.4 Å². The minimum atomic E-state index is -0.379. The number of rotatable bonds is 7. The van der Waals surface area contributed by atoms with E-state index >= 15 is 0 Å². The second-order valence-corrected chi connectivity index (χ2v) is 7.94.